The molecule has 2 unspecified atom stereocenters. The van der Waals surface area contributed by atoms with Crippen LogP contribution in [0.25, 0.3) is 0 Å². The Morgan fingerprint density at radius 1 is 1.78 bits per heavy atom. The Hall–Kier alpha value is 0.250. The van der Waals surface area contributed by atoms with Crippen molar-refractivity contribution in [3.05, 3.63) is 0 Å². The first-order valence-corrected chi connectivity index (χ1v) is 3.82. The predicted molar refractivity (Wildman–Crippen MR) is 38.9 cm³/mol. The molecule has 1 nitrogen and oxygen atoms in total. The van der Waals surface area contributed by atoms with Gasteiger partial charge in [0.2, 0.25) is 0 Å². The Morgan fingerprint density at radius 2 is 2.33 bits per heavy atom. The summed E-state index contributed by atoms with van der Waals surface area (Å²) < 4.78 is 5.06. The van der Waals surface area contributed by atoms with E-state index >= 15 is 0 Å². The maximum atomic E-state index is 6.08. The zero-order valence-corrected chi connectivity index (χ0v) is 6.74. The Labute approximate surface area is 61.3 Å². The largest absolute Gasteiger partial charge is 0.373 e. The maximum Gasteiger partial charge on any atom is 0.0826 e. The number of alkyl halides is 1. The van der Waals surface area contributed by atoms with Crippen LogP contribution >= 0.6 is 11.6 Å². The van der Waals surface area contributed by atoms with Gasteiger partial charge in [0.05, 0.1) is 12.7 Å². The molecule has 0 amide bonds. The molecule has 0 aliphatic carbocycles. The molecule has 0 N–H and O–H groups in total. The van der Waals surface area contributed by atoms with Gasteiger partial charge in [0, 0.05) is 4.87 Å². The fourth-order valence-electron chi connectivity index (χ4n) is 0.805. The number of epoxide rings is 1. The third-order valence-electron chi connectivity index (χ3n) is 1.79. The van der Waals surface area contributed by atoms with Crippen molar-refractivity contribution >= 4 is 11.6 Å². The number of hydrogen-bond donors (Lipinski definition) is 0. The van der Waals surface area contributed by atoms with Gasteiger partial charge in [-0.1, -0.05) is 6.92 Å². The van der Waals surface area contributed by atoms with Crippen molar-refractivity contribution in [1.29, 1.82) is 0 Å². The van der Waals surface area contributed by atoms with Crippen LogP contribution in [-0.4, -0.2) is 17.6 Å². The van der Waals surface area contributed by atoms with E-state index in [1.54, 1.807) is 0 Å². The molecule has 2 heteroatoms. The van der Waals surface area contributed by atoms with E-state index in [1.165, 1.54) is 0 Å². The summed E-state index contributed by atoms with van der Waals surface area (Å²) >= 11 is 6.08. The molecule has 0 bridgehead atoms. The average molecular weight is 149 g/mol. The van der Waals surface area contributed by atoms with Crippen molar-refractivity contribution in [3.63, 3.8) is 0 Å². The van der Waals surface area contributed by atoms with Crippen LogP contribution in [0.3, 0.4) is 0 Å². The zero-order chi connectivity index (χ0) is 6.91. The molecule has 1 saturated heterocycles. The summed E-state index contributed by atoms with van der Waals surface area (Å²) in [6.45, 7) is 5.09. The van der Waals surface area contributed by atoms with Crippen LogP contribution in [-0.2, 0) is 4.74 Å². The van der Waals surface area contributed by atoms with Gasteiger partial charge in [-0.25, -0.2) is 0 Å². The second kappa shape index (κ2) is 2.47. The van der Waals surface area contributed by atoms with Gasteiger partial charge in [0.1, 0.15) is 0 Å². The standard InChI is InChI=1S/C7H13ClO/c1-3-7(2,8)4-6-5-9-6/h6H,3-5H2,1-2H3. The molecular weight excluding hydrogens is 136 g/mol. The van der Waals surface area contributed by atoms with Gasteiger partial charge in [-0.3, -0.25) is 0 Å². The summed E-state index contributed by atoms with van der Waals surface area (Å²) in [6.07, 6.45) is 2.49. The Morgan fingerprint density at radius 3 is 2.67 bits per heavy atom. The van der Waals surface area contributed by atoms with E-state index < -0.39 is 0 Å². The maximum absolute atomic E-state index is 6.08. The molecule has 0 aromatic carbocycles. The van der Waals surface area contributed by atoms with Crippen LogP contribution in [0.5, 0.6) is 0 Å². The van der Waals surface area contributed by atoms with Gasteiger partial charge < -0.3 is 4.74 Å². The highest BCUT2D eigenvalue weighted by molar-refractivity contribution is 6.23. The lowest BCUT2D eigenvalue weighted by molar-refractivity contribution is 0.369. The number of halogens is 1. The molecule has 54 valence electrons. The van der Waals surface area contributed by atoms with E-state index in [1.807, 2.05) is 0 Å². The van der Waals surface area contributed by atoms with Crippen LogP contribution in [0, 0.1) is 0 Å². The van der Waals surface area contributed by atoms with E-state index in [2.05, 4.69) is 13.8 Å². The summed E-state index contributed by atoms with van der Waals surface area (Å²) in [5.41, 5.74) is 0. The van der Waals surface area contributed by atoms with Crippen LogP contribution in [0.4, 0.5) is 0 Å². The highest BCUT2D eigenvalue weighted by Gasteiger charge is 2.31. The first-order chi connectivity index (χ1) is 4.14. The molecular formula is C7H13ClO. The van der Waals surface area contributed by atoms with Crippen molar-refractivity contribution in [1.82, 2.24) is 0 Å². The van der Waals surface area contributed by atoms with Crippen LogP contribution in [0.15, 0.2) is 0 Å². The molecule has 2 atom stereocenters. The zero-order valence-electron chi connectivity index (χ0n) is 5.98. The van der Waals surface area contributed by atoms with Gasteiger partial charge >= 0.3 is 0 Å². The van der Waals surface area contributed by atoms with Gasteiger partial charge in [0.25, 0.3) is 0 Å². The summed E-state index contributed by atoms with van der Waals surface area (Å²) in [4.78, 5) is -0.0266. The van der Waals surface area contributed by atoms with E-state index in [-0.39, 0.29) is 4.87 Å². The van der Waals surface area contributed by atoms with E-state index in [4.69, 9.17) is 16.3 Å². The first kappa shape index (κ1) is 7.36. The minimum atomic E-state index is -0.0266. The SMILES string of the molecule is CCC(C)(Cl)CC1CO1. The molecule has 1 heterocycles. The van der Waals surface area contributed by atoms with Gasteiger partial charge in [-0.05, 0) is 19.8 Å². The third-order valence-corrected chi connectivity index (χ3v) is 2.21. The molecule has 0 aromatic heterocycles. The van der Waals surface area contributed by atoms with E-state index in [0.29, 0.717) is 6.10 Å². The lowest BCUT2D eigenvalue weighted by Crippen LogP contribution is -2.17. The first-order valence-electron chi connectivity index (χ1n) is 3.44. The quantitative estimate of drug-likeness (QED) is 0.442. The fourth-order valence-corrected chi connectivity index (χ4v) is 0.977. The average Bonchev–Trinajstić information content (AvgIpc) is 2.50. The molecule has 9 heavy (non-hydrogen) atoms. The summed E-state index contributed by atoms with van der Waals surface area (Å²) in [7, 11) is 0. The molecule has 0 radical (unpaired) electrons. The fraction of sp³-hybridized carbons (Fsp3) is 1.00. The number of hydrogen-bond acceptors (Lipinski definition) is 1. The highest BCUT2D eigenvalue weighted by atomic mass is 35.5. The van der Waals surface area contributed by atoms with Gasteiger partial charge in [-0.15, -0.1) is 11.6 Å². The predicted octanol–water partition coefficient (Wildman–Crippen LogP) is 2.18. The number of rotatable bonds is 3. The van der Waals surface area contributed by atoms with Crippen molar-refractivity contribution in [2.75, 3.05) is 6.61 Å². The Bertz CT molecular complexity index is 97.1. The number of ether oxygens (including phenoxy) is 1. The Kier molecular flexibility index (Phi) is 2.02. The molecule has 0 spiro atoms. The summed E-state index contributed by atoms with van der Waals surface area (Å²) in [6, 6.07) is 0. The van der Waals surface area contributed by atoms with Crippen molar-refractivity contribution in [3.8, 4) is 0 Å². The molecule has 1 aliphatic rings. The van der Waals surface area contributed by atoms with Crippen LogP contribution in [0.2, 0.25) is 0 Å². The lowest BCUT2D eigenvalue weighted by atomic mass is 10.0. The van der Waals surface area contributed by atoms with Gasteiger partial charge in [-0.2, -0.15) is 0 Å². The molecule has 0 saturated carbocycles. The minimum absolute atomic E-state index is 0.0266. The van der Waals surface area contributed by atoms with Crippen LogP contribution in [0.1, 0.15) is 26.7 Å². The molecule has 0 aromatic rings. The molecule has 1 rings (SSSR count). The van der Waals surface area contributed by atoms with E-state index in [9.17, 15) is 0 Å². The lowest BCUT2D eigenvalue weighted by Gasteiger charge is -2.17. The smallest absolute Gasteiger partial charge is 0.0826 e. The van der Waals surface area contributed by atoms with Crippen molar-refractivity contribution in [2.24, 2.45) is 0 Å². The Balaban J connectivity index is 2.21. The van der Waals surface area contributed by atoms with Crippen LogP contribution < -0.4 is 0 Å². The monoisotopic (exact) mass is 148 g/mol. The third kappa shape index (κ3) is 2.55. The summed E-state index contributed by atoms with van der Waals surface area (Å²) in [5, 5.41) is 0. The normalized spacial score (nSPS) is 31.7. The van der Waals surface area contributed by atoms with Crippen molar-refractivity contribution < 1.29 is 4.74 Å². The minimum Gasteiger partial charge on any atom is -0.373 e. The second-order valence-electron chi connectivity index (χ2n) is 2.93. The summed E-state index contributed by atoms with van der Waals surface area (Å²) in [5.74, 6) is 0. The molecule has 1 fully saturated rings. The topological polar surface area (TPSA) is 12.5 Å². The highest BCUT2D eigenvalue weighted by Crippen LogP contribution is 2.30. The van der Waals surface area contributed by atoms with E-state index in [0.717, 1.165) is 19.4 Å². The molecule has 1 aliphatic heterocycles. The van der Waals surface area contributed by atoms with Gasteiger partial charge in [0.15, 0.2) is 0 Å². The second-order valence-corrected chi connectivity index (χ2v) is 3.84. The van der Waals surface area contributed by atoms with Crippen molar-refractivity contribution in [2.45, 2.75) is 37.7 Å².